The molecule has 18 heteroatoms. The van der Waals surface area contributed by atoms with Crippen LogP contribution < -0.4 is 21.8 Å². The number of phenolic OH excluding ortho intramolecular Hbond substituents is 3. The number of nitrogens with zero attached hydrogens (tertiary/aromatic N) is 3. The number of aromatic nitrogens is 3. The van der Waals surface area contributed by atoms with Crippen LogP contribution in [-0.2, 0) is 21.4 Å². The summed E-state index contributed by atoms with van der Waals surface area (Å²) in [6, 6.07) is 6.44. The van der Waals surface area contributed by atoms with Gasteiger partial charge in [0, 0.05) is 18.6 Å². The minimum Gasteiger partial charge on any atom is -0.508 e. The van der Waals surface area contributed by atoms with Crippen LogP contribution in [0.3, 0.4) is 0 Å². The number of aromatic hydroxyl groups is 3. The summed E-state index contributed by atoms with van der Waals surface area (Å²) in [7, 11) is 1.34. The van der Waals surface area contributed by atoms with Crippen LogP contribution in [0.5, 0.6) is 17.2 Å². The number of H-pyrrole nitrogens is 1. The molecular weight excluding hydrogens is 632 g/mol. The Kier molecular flexibility index (Phi) is 8.60. The molecule has 1 fully saturated rings. The quantitative estimate of drug-likeness (QED) is 0.0671. The van der Waals surface area contributed by atoms with Crippen molar-refractivity contribution in [1.82, 2.24) is 30.3 Å². The Hall–Kier alpha value is -5.23. The molecule has 3 atom stereocenters. The third kappa shape index (κ3) is 5.96. The van der Waals surface area contributed by atoms with Crippen LogP contribution in [-0.4, -0.2) is 86.7 Å². The minimum absolute atomic E-state index is 0.0331. The summed E-state index contributed by atoms with van der Waals surface area (Å²) in [4.78, 5) is 76.5. The van der Waals surface area contributed by atoms with Gasteiger partial charge in [0.05, 0.1) is 5.56 Å². The number of benzene rings is 2. The molecule has 0 radical (unpaired) electrons. The third-order valence-electron chi connectivity index (χ3n) is 6.99. The van der Waals surface area contributed by atoms with Crippen molar-refractivity contribution in [3.8, 4) is 17.2 Å². The molecule has 2 unspecified atom stereocenters. The Morgan fingerprint density at radius 2 is 1.82 bits per heavy atom. The molecule has 0 spiro atoms. The van der Waals surface area contributed by atoms with E-state index in [1.165, 1.54) is 61.3 Å². The van der Waals surface area contributed by atoms with Gasteiger partial charge in [0.2, 0.25) is 5.91 Å². The molecule has 3 amide bonds. The van der Waals surface area contributed by atoms with E-state index < -0.39 is 63.8 Å². The lowest BCUT2D eigenvalue weighted by atomic mass is 10.0. The molecule has 1 aromatic heterocycles. The number of carboxylic acids is 1. The highest BCUT2D eigenvalue weighted by Gasteiger charge is 2.54. The number of thioether (sulfide) groups is 2. The molecule has 2 aliphatic rings. The average Bonchev–Trinajstić information content (AvgIpc) is 3.02. The summed E-state index contributed by atoms with van der Waals surface area (Å²) >= 11 is 2.19. The second kappa shape index (κ2) is 12.4. The molecule has 7 N–H and O–H groups in total. The van der Waals surface area contributed by atoms with Crippen molar-refractivity contribution in [1.29, 1.82) is 0 Å². The lowest BCUT2D eigenvalue weighted by molar-refractivity contribution is -0.151. The number of hydrogen-bond donors (Lipinski definition) is 7. The summed E-state index contributed by atoms with van der Waals surface area (Å²) in [6.07, 6.45) is 0. The van der Waals surface area contributed by atoms with Crippen molar-refractivity contribution in [2.24, 2.45) is 7.05 Å². The van der Waals surface area contributed by atoms with Crippen molar-refractivity contribution in [2.45, 2.75) is 22.6 Å². The second-order valence-electron chi connectivity index (χ2n) is 9.81. The third-order valence-corrected chi connectivity index (χ3v) is 9.44. The molecule has 1 saturated heterocycles. The van der Waals surface area contributed by atoms with E-state index in [1.807, 2.05) is 0 Å². The Morgan fingerprint density at radius 1 is 1.11 bits per heavy atom. The number of amides is 3. The number of hydrogen-bond acceptors (Lipinski definition) is 12. The lowest BCUT2D eigenvalue weighted by Gasteiger charge is -2.49. The van der Waals surface area contributed by atoms with E-state index in [0.29, 0.717) is 5.57 Å². The predicted molar refractivity (Wildman–Crippen MR) is 159 cm³/mol. The number of aromatic amines is 1. The zero-order valence-corrected chi connectivity index (χ0v) is 24.7. The fraction of sp³-hybridized carbons (Fsp3) is 0.222. The minimum atomic E-state index is -1.42. The van der Waals surface area contributed by atoms with Crippen molar-refractivity contribution >= 4 is 47.2 Å². The van der Waals surface area contributed by atoms with Gasteiger partial charge in [0.1, 0.15) is 28.9 Å². The number of carbonyl (C=O) groups excluding carboxylic acids is 3. The number of fused-ring (bicyclic) bond motifs is 1. The van der Waals surface area contributed by atoms with Gasteiger partial charge in [-0.1, -0.05) is 30.0 Å². The van der Waals surface area contributed by atoms with Crippen molar-refractivity contribution in [3.63, 3.8) is 0 Å². The van der Waals surface area contributed by atoms with E-state index in [-0.39, 0.29) is 39.2 Å². The number of rotatable bonds is 9. The molecule has 2 aromatic carbocycles. The number of aliphatic carboxylic acids is 1. The van der Waals surface area contributed by atoms with Gasteiger partial charge >= 0.3 is 17.1 Å². The topological polar surface area (TPSA) is 244 Å². The molecule has 234 valence electrons. The first kappa shape index (κ1) is 31.2. The van der Waals surface area contributed by atoms with Crippen molar-refractivity contribution < 1.29 is 39.6 Å². The summed E-state index contributed by atoms with van der Waals surface area (Å²) in [5.74, 6) is -5.02. The molecule has 2 aliphatic heterocycles. The summed E-state index contributed by atoms with van der Waals surface area (Å²) in [5, 5.41) is 49.8. The maximum absolute atomic E-state index is 13.5. The van der Waals surface area contributed by atoms with E-state index in [0.717, 1.165) is 21.2 Å². The molecule has 0 aliphatic carbocycles. The highest BCUT2D eigenvalue weighted by atomic mass is 32.2. The van der Waals surface area contributed by atoms with Gasteiger partial charge in [-0.05, 0) is 35.4 Å². The molecule has 3 heterocycles. The van der Waals surface area contributed by atoms with Crippen molar-refractivity contribution in [3.05, 3.63) is 85.6 Å². The van der Waals surface area contributed by atoms with E-state index >= 15 is 0 Å². The standard InChI is InChI=1S/C27H24N6O10S2/c1-32-24(41)22(39)30-31-27(32)45-10-12-9-44-25-17(23(40)33(25)18(12)26(42)43)29-21(38)16(11-5-7-13(34)8-6-11)28-20(37)14-3-2-4-15(35)19(14)36/h2-8,16-17,25,34-36H,9-10H2,1H3,(H,28,37)(H,29,38)(H,30,39)(H,42,43)/t16?,17?,25-/m0/s1. The Labute approximate surface area is 260 Å². The fourth-order valence-electron chi connectivity index (χ4n) is 4.66. The molecule has 0 bridgehead atoms. The van der Waals surface area contributed by atoms with Gasteiger partial charge in [-0.3, -0.25) is 33.4 Å². The Morgan fingerprint density at radius 3 is 2.51 bits per heavy atom. The van der Waals surface area contributed by atoms with Crippen LogP contribution in [0.4, 0.5) is 0 Å². The van der Waals surface area contributed by atoms with E-state index in [1.54, 1.807) is 0 Å². The van der Waals surface area contributed by atoms with E-state index in [9.17, 15) is 49.2 Å². The predicted octanol–water partition coefficient (Wildman–Crippen LogP) is -0.413. The maximum Gasteiger partial charge on any atom is 0.352 e. The van der Waals surface area contributed by atoms with Gasteiger partial charge in [0.15, 0.2) is 16.7 Å². The first-order chi connectivity index (χ1) is 21.4. The largest absolute Gasteiger partial charge is 0.508 e. The number of carboxylic acid groups (broad SMARTS) is 1. The number of para-hydroxylation sites is 1. The van der Waals surface area contributed by atoms with Crippen LogP contribution in [0.15, 0.2) is 68.5 Å². The fourth-order valence-corrected chi connectivity index (χ4v) is 7.07. The highest BCUT2D eigenvalue weighted by molar-refractivity contribution is 8.01. The number of phenols is 3. The van der Waals surface area contributed by atoms with Gasteiger partial charge < -0.3 is 31.1 Å². The first-order valence-electron chi connectivity index (χ1n) is 13.0. The van der Waals surface area contributed by atoms with Crippen LogP contribution >= 0.6 is 23.5 Å². The van der Waals surface area contributed by atoms with Crippen LogP contribution in [0.2, 0.25) is 0 Å². The molecule has 16 nitrogen and oxygen atoms in total. The molecular formula is C27H24N6O10S2. The smallest absolute Gasteiger partial charge is 0.352 e. The number of carbonyl (C=O) groups is 4. The van der Waals surface area contributed by atoms with Gasteiger partial charge in [-0.2, -0.15) is 0 Å². The van der Waals surface area contributed by atoms with E-state index in [4.69, 9.17) is 0 Å². The molecule has 45 heavy (non-hydrogen) atoms. The second-order valence-corrected chi connectivity index (χ2v) is 11.9. The van der Waals surface area contributed by atoms with Crippen LogP contribution in [0, 0.1) is 0 Å². The monoisotopic (exact) mass is 656 g/mol. The van der Waals surface area contributed by atoms with Gasteiger partial charge in [-0.25, -0.2) is 9.89 Å². The van der Waals surface area contributed by atoms with Gasteiger partial charge in [-0.15, -0.1) is 16.9 Å². The van der Waals surface area contributed by atoms with Gasteiger partial charge in [0.25, 0.3) is 11.8 Å². The number of β-lactam (4-membered cyclic amide) rings is 1. The SMILES string of the molecule is Cn1c(SCC2=C(C(=O)O)N3C(=O)C(NC(=O)C(NC(=O)c4cccc(O)c4O)c4ccc(O)cc4)[C@@H]3SC2)n[nH]c(=O)c1=O. The lowest BCUT2D eigenvalue weighted by Crippen LogP contribution is -2.71. The highest BCUT2D eigenvalue weighted by Crippen LogP contribution is 2.41. The molecule has 3 aromatic rings. The van der Waals surface area contributed by atoms with Crippen molar-refractivity contribution in [2.75, 3.05) is 11.5 Å². The summed E-state index contributed by atoms with van der Waals surface area (Å²) in [5.41, 5.74) is -1.78. The van der Waals surface area contributed by atoms with Crippen LogP contribution in [0.25, 0.3) is 0 Å². The Bertz CT molecular complexity index is 1870. The zero-order chi connectivity index (χ0) is 32.6. The first-order valence-corrected chi connectivity index (χ1v) is 15.0. The van der Waals surface area contributed by atoms with Crippen LogP contribution in [0.1, 0.15) is 22.0 Å². The average molecular weight is 657 g/mol. The number of nitrogens with one attached hydrogen (secondary N) is 3. The Balaban J connectivity index is 1.35. The summed E-state index contributed by atoms with van der Waals surface area (Å²) in [6.45, 7) is 0. The zero-order valence-electron chi connectivity index (χ0n) is 23.1. The normalized spacial score (nSPS) is 18.1. The molecule has 0 saturated carbocycles. The summed E-state index contributed by atoms with van der Waals surface area (Å²) < 4.78 is 1.02. The van der Waals surface area contributed by atoms with E-state index in [2.05, 4.69) is 20.8 Å². The molecule has 5 rings (SSSR count). The maximum atomic E-state index is 13.5.